The topological polar surface area (TPSA) is 6.02 Å². The largest absolute Gasteiger partial charge is 0.213 e. The Labute approximate surface area is 81.2 Å². The first-order valence-corrected chi connectivity index (χ1v) is 5.46. The highest BCUT2D eigenvalue weighted by Crippen LogP contribution is 2.33. The summed E-state index contributed by atoms with van der Waals surface area (Å²) in [5.74, 6) is 0.845. The van der Waals surface area contributed by atoms with E-state index in [9.17, 15) is 0 Å². The summed E-state index contributed by atoms with van der Waals surface area (Å²) in [6, 6.07) is 0.886. The molecule has 0 aromatic heterocycles. The minimum atomic E-state index is 0.470. The van der Waals surface area contributed by atoms with Crippen LogP contribution in [0.3, 0.4) is 0 Å². The van der Waals surface area contributed by atoms with Crippen LogP contribution in [0, 0.1) is 11.3 Å². The fourth-order valence-electron chi connectivity index (χ4n) is 2.19. The van der Waals surface area contributed by atoms with Gasteiger partial charge in [-0.15, -0.1) is 0 Å². The van der Waals surface area contributed by atoms with Crippen molar-refractivity contribution >= 4 is 0 Å². The molecule has 0 bridgehead atoms. The van der Waals surface area contributed by atoms with E-state index in [-0.39, 0.29) is 0 Å². The summed E-state index contributed by atoms with van der Waals surface area (Å²) in [5.41, 5.74) is 0.470. The molecule has 13 heavy (non-hydrogen) atoms. The van der Waals surface area contributed by atoms with E-state index in [0.29, 0.717) is 5.41 Å². The highest BCUT2D eigenvalue weighted by molar-refractivity contribution is 4.76. The van der Waals surface area contributed by atoms with Crippen LogP contribution >= 0.6 is 0 Å². The molecule has 1 atom stereocenters. The first-order valence-electron chi connectivity index (χ1n) is 5.46. The van der Waals surface area contributed by atoms with Crippen molar-refractivity contribution in [3.05, 3.63) is 0 Å². The molecule has 1 unspecified atom stereocenters. The summed E-state index contributed by atoms with van der Waals surface area (Å²) in [5, 5.41) is 0. The van der Waals surface area contributed by atoms with Crippen LogP contribution < -0.4 is 0 Å². The van der Waals surface area contributed by atoms with E-state index in [1.807, 2.05) is 0 Å². The lowest BCUT2D eigenvalue weighted by molar-refractivity contribution is -0.998. The molecule has 1 heterocycles. The minimum Gasteiger partial charge on any atom is -0.0594 e. The minimum absolute atomic E-state index is 0.470. The fraction of sp³-hybridized carbons (Fsp3) is 1.00. The van der Waals surface area contributed by atoms with E-state index in [4.69, 9.17) is 0 Å². The van der Waals surface area contributed by atoms with Gasteiger partial charge in [-0.25, -0.2) is 0 Å². The summed E-state index contributed by atoms with van der Waals surface area (Å²) in [4.78, 5) is 0. The Morgan fingerprint density at radius 2 is 1.69 bits per heavy atom. The Balaban J connectivity index is 2.05. The molecule has 2 heteroatoms. The van der Waals surface area contributed by atoms with Crippen LogP contribution in [0.2, 0.25) is 0 Å². The smallest absolute Gasteiger partial charge is 0.0594 e. The van der Waals surface area contributed by atoms with Crippen LogP contribution in [0.25, 0.3) is 0 Å². The Hall–Kier alpha value is -0.400. The first kappa shape index (κ1) is 9.17. The highest BCUT2D eigenvalue weighted by atomic mass is 15.4. The Morgan fingerprint density at radius 1 is 1.08 bits per heavy atom. The maximum absolute atomic E-state index is 2.58. The molecule has 2 rings (SSSR count). The van der Waals surface area contributed by atoms with Gasteiger partial charge in [0.05, 0.1) is 5.92 Å². The maximum Gasteiger partial charge on any atom is 0.213 e. The molecule has 0 saturated heterocycles. The third-order valence-corrected chi connectivity index (χ3v) is 3.52. The standard InChI is InChI=1S/C11H22N2/c1-11(2,3)9-7-12(4)13(8-9)10-5-6-10/h9-10H,5-8H2,1-4H3/q+2. The Kier molecular flexibility index (Phi) is 1.97. The molecule has 2 nitrogen and oxygen atoms in total. The number of rotatable bonds is 1. The van der Waals surface area contributed by atoms with Crippen molar-refractivity contribution in [2.24, 2.45) is 11.3 Å². The van der Waals surface area contributed by atoms with Gasteiger partial charge in [0.15, 0.2) is 7.05 Å². The maximum atomic E-state index is 2.58. The zero-order chi connectivity index (χ0) is 9.64. The zero-order valence-corrected chi connectivity index (χ0v) is 9.38. The summed E-state index contributed by atoms with van der Waals surface area (Å²) in [6.07, 6.45) is 2.84. The SMILES string of the molecule is C[N+]1=[N+](C2CC2)CC(C(C)(C)C)C1. The number of azo groups is 4. The number of nitrogens with zero attached hydrogens (tertiary/aromatic N) is 2. The van der Waals surface area contributed by atoms with Gasteiger partial charge in [0.25, 0.3) is 0 Å². The summed E-state index contributed by atoms with van der Waals surface area (Å²) < 4.78 is 5.02. The third kappa shape index (κ3) is 1.77. The molecule has 0 radical (unpaired) electrons. The summed E-state index contributed by atoms with van der Waals surface area (Å²) in [7, 11) is 2.24. The van der Waals surface area contributed by atoms with E-state index >= 15 is 0 Å². The summed E-state index contributed by atoms with van der Waals surface area (Å²) >= 11 is 0. The van der Waals surface area contributed by atoms with Gasteiger partial charge in [-0.1, -0.05) is 20.8 Å². The molecular formula is C11H22N2+2. The second-order valence-electron chi connectivity index (χ2n) is 5.76. The van der Waals surface area contributed by atoms with Crippen molar-refractivity contribution < 1.29 is 9.39 Å². The van der Waals surface area contributed by atoms with Gasteiger partial charge in [0.2, 0.25) is 19.1 Å². The Bertz CT molecular complexity index is 243. The van der Waals surface area contributed by atoms with Gasteiger partial charge in [-0.2, -0.15) is 0 Å². The molecule has 0 aromatic rings. The predicted octanol–water partition coefficient (Wildman–Crippen LogP) is 1.93. The van der Waals surface area contributed by atoms with Crippen LogP contribution in [0.5, 0.6) is 0 Å². The van der Waals surface area contributed by atoms with Gasteiger partial charge in [0.1, 0.15) is 0 Å². The molecule has 0 amide bonds. The normalized spacial score (nSPS) is 30.0. The lowest BCUT2D eigenvalue weighted by atomic mass is 9.81. The molecule has 1 fully saturated rings. The monoisotopic (exact) mass is 182 g/mol. The van der Waals surface area contributed by atoms with Crippen molar-refractivity contribution in [3.8, 4) is 0 Å². The van der Waals surface area contributed by atoms with Crippen LogP contribution in [-0.4, -0.2) is 35.6 Å². The molecule has 1 aliphatic carbocycles. The Morgan fingerprint density at radius 3 is 2.08 bits per heavy atom. The van der Waals surface area contributed by atoms with Gasteiger partial charge in [-0.05, 0) is 14.8 Å². The van der Waals surface area contributed by atoms with E-state index in [1.165, 1.54) is 25.9 Å². The lowest BCUT2D eigenvalue weighted by Gasteiger charge is -2.20. The molecule has 0 N–H and O–H groups in total. The molecule has 2 aliphatic rings. The van der Waals surface area contributed by atoms with Crippen molar-refractivity contribution in [2.45, 2.75) is 39.7 Å². The molecule has 0 spiro atoms. The van der Waals surface area contributed by atoms with Crippen LogP contribution in [0.15, 0.2) is 0 Å². The quantitative estimate of drug-likeness (QED) is 0.547. The third-order valence-electron chi connectivity index (χ3n) is 3.52. The molecular weight excluding hydrogens is 160 g/mol. The van der Waals surface area contributed by atoms with Crippen molar-refractivity contribution in [1.29, 1.82) is 0 Å². The first-order chi connectivity index (χ1) is 5.98. The van der Waals surface area contributed by atoms with Crippen LogP contribution in [0.1, 0.15) is 33.6 Å². The second kappa shape index (κ2) is 2.79. The van der Waals surface area contributed by atoms with Gasteiger partial charge >= 0.3 is 0 Å². The molecule has 0 aromatic carbocycles. The van der Waals surface area contributed by atoms with E-state index in [1.54, 1.807) is 0 Å². The van der Waals surface area contributed by atoms with Crippen LogP contribution in [-0.2, 0) is 0 Å². The highest BCUT2D eigenvalue weighted by Gasteiger charge is 2.49. The van der Waals surface area contributed by atoms with Gasteiger partial charge in [-0.3, -0.25) is 0 Å². The van der Waals surface area contributed by atoms with E-state index in [2.05, 4.69) is 37.2 Å². The fourth-order valence-corrected chi connectivity index (χ4v) is 2.19. The zero-order valence-electron chi connectivity index (χ0n) is 9.38. The average molecular weight is 182 g/mol. The van der Waals surface area contributed by atoms with Gasteiger partial charge in [0, 0.05) is 12.8 Å². The molecule has 74 valence electrons. The van der Waals surface area contributed by atoms with Crippen LogP contribution in [0.4, 0.5) is 0 Å². The van der Waals surface area contributed by atoms with E-state index < -0.39 is 0 Å². The molecule has 1 aliphatic heterocycles. The van der Waals surface area contributed by atoms with Crippen molar-refractivity contribution in [2.75, 3.05) is 20.1 Å². The average Bonchev–Trinajstić information content (AvgIpc) is 2.73. The van der Waals surface area contributed by atoms with Crippen molar-refractivity contribution in [1.82, 2.24) is 0 Å². The van der Waals surface area contributed by atoms with Gasteiger partial charge < -0.3 is 0 Å². The lowest BCUT2D eigenvalue weighted by Crippen LogP contribution is -2.26. The van der Waals surface area contributed by atoms with E-state index in [0.717, 1.165) is 12.0 Å². The molecule has 1 saturated carbocycles. The number of hydrogen-bond acceptors (Lipinski definition) is 0. The summed E-state index contributed by atoms with van der Waals surface area (Å²) in [6.45, 7) is 9.62. The second-order valence-corrected chi connectivity index (χ2v) is 5.76. The number of hydrogen-bond donors (Lipinski definition) is 0. The predicted molar refractivity (Wildman–Crippen MR) is 52.1 cm³/mol. The van der Waals surface area contributed by atoms with Crippen molar-refractivity contribution in [3.63, 3.8) is 0 Å².